The lowest BCUT2D eigenvalue weighted by Gasteiger charge is -2.03. The van der Waals surface area contributed by atoms with Crippen LogP contribution in [0.4, 0.5) is 5.13 Å². The molecular formula is C12H10Cl2N4S. The molecule has 2 heterocycles. The number of hydrogen-bond acceptors (Lipinski definition) is 4. The number of fused-ring (bicyclic) bond motifs is 1. The van der Waals surface area contributed by atoms with Crippen LogP contribution in [0.2, 0.25) is 10.2 Å². The van der Waals surface area contributed by atoms with E-state index in [1.54, 1.807) is 17.5 Å². The molecule has 2 aromatic heterocycles. The van der Waals surface area contributed by atoms with Crippen molar-refractivity contribution in [2.24, 2.45) is 7.05 Å². The molecule has 0 saturated heterocycles. The third kappa shape index (κ3) is 2.54. The fourth-order valence-electron chi connectivity index (χ4n) is 1.72. The Morgan fingerprint density at radius 1 is 1.37 bits per heavy atom. The molecule has 19 heavy (non-hydrogen) atoms. The van der Waals surface area contributed by atoms with Crippen molar-refractivity contribution < 1.29 is 0 Å². The zero-order valence-corrected chi connectivity index (χ0v) is 12.4. The summed E-state index contributed by atoms with van der Waals surface area (Å²) in [6, 6.07) is 5.67. The lowest BCUT2D eigenvalue weighted by atomic mass is 10.3. The molecule has 0 radical (unpaired) electrons. The first kappa shape index (κ1) is 12.7. The van der Waals surface area contributed by atoms with E-state index in [1.165, 1.54) is 0 Å². The van der Waals surface area contributed by atoms with Crippen molar-refractivity contribution in [3.63, 3.8) is 0 Å². The van der Waals surface area contributed by atoms with Crippen molar-refractivity contribution >= 4 is 49.9 Å². The molecule has 3 aromatic rings. The topological polar surface area (TPSA) is 42.7 Å². The van der Waals surface area contributed by atoms with Crippen molar-refractivity contribution in [2.75, 3.05) is 5.32 Å². The van der Waals surface area contributed by atoms with E-state index in [-0.39, 0.29) is 0 Å². The van der Waals surface area contributed by atoms with E-state index in [0.29, 0.717) is 11.7 Å². The van der Waals surface area contributed by atoms with Crippen LogP contribution in [0.3, 0.4) is 0 Å². The molecule has 1 N–H and O–H groups in total. The molecule has 0 unspecified atom stereocenters. The van der Waals surface area contributed by atoms with Crippen LogP contribution >= 0.6 is 34.5 Å². The summed E-state index contributed by atoms with van der Waals surface area (Å²) < 4.78 is 2.89. The van der Waals surface area contributed by atoms with Crippen LogP contribution in [0, 0.1) is 0 Å². The third-order valence-corrected chi connectivity index (χ3v) is 4.34. The normalized spacial score (nSPS) is 11.1. The van der Waals surface area contributed by atoms with Gasteiger partial charge in [0, 0.05) is 12.1 Å². The maximum absolute atomic E-state index is 5.95. The average molecular weight is 313 g/mol. The van der Waals surface area contributed by atoms with Gasteiger partial charge in [-0.25, -0.2) is 9.97 Å². The fourth-order valence-corrected chi connectivity index (χ4v) is 3.00. The van der Waals surface area contributed by atoms with E-state index in [9.17, 15) is 0 Å². The molecule has 0 spiro atoms. The second kappa shape index (κ2) is 5.00. The molecule has 0 aliphatic carbocycles. The average Bonchev–Trinajstić information content (AvgIpc) is 2.92. The van der Waals surface area contributed by atoms with Crippen molar-refractivity contribution in [3.05, 3.63) is 40.4 Å². The molecule has 7 heteroatoms. The molecule has 0 aliphatic rings. The highest BCUT2D eigenvalue weighted by Crippen LogP contribution is 2.28. The van der Waals surface area contributed by atoms with Crippen molar-refractivity contribution in [1.82, 2.24) is 14.5 Å². The molecule has 1 aromatic carbocycles. The van der Waals surface area contributed by atoms with E-state index >= 15 is 0 Å². The molecule has 0 aliphatic heterocycles. The van der Waals surface area contributed by atoms with Gasteiger partial charge in [-0.15, -0.1) is 0 Å². The SMILES string of the molecule is Cn1c(Cl)cnc1CNc1nc2ccc(Cl)cc2s1. The summed E-state index contributed by atoms with van der Waals surface area (Å²) in [6.45, 7) is 0.580. The number of halogens is 2. The molecule has 0 saturated carbocycles. The molecule has 0 bridgehead atoms. The smallest absolute Gasteiger partial charge is 0.184 e. The number of anilines is 1. The standard InChI is InChI=1S/C12H10Cl2N4S/c1-18-10(14)5-15-11(18)6-16-12-17-8-3-2-7(13)4-9(8)19-12/h2-5H,6H2,1H3,(H,16,17). The van der Waals surface area contributed by atoms with Crippen LogP contribution in [-0.4, -0.2) is 14.5 Å². The number of nitrogens with one attached hydrogen (secondary N) is 1. The van der Waals surface area contributed by atoms with Crippen LogP contribution in [0.25, 0.3) is 10.2 Å². The molecule has 98 valence electrons. The number of imidazole rings is 1. The van der Waals surface area contributed by atoms with Crippen LogP contribution in [0.15, 0.2) is 24.4 Å². The quantitative estimate of drug-likeness (QED) is 0.796. The molecule has 0 fully saturated rings. The fraction of sp³-hybridized carbons (Fsp3) is 0.167. The van der Waals surface area contributed by atoms with Crippen LogP contribution in [0.5, 0.6) is 0 Å². The second-order valence-corrected chi connectivity index (χ2v) is 5.90. The van der Waals surface area contributed by atoms with Gasteiger partial charge in [-0.1, -0.05) is 34.5 Å². The van der Waals surface area contributed by atoms with Gasteiger partial charge in [0.25, 0.3) is 0 Å². The molecule has 0 amide bonds. The Hall–Kier alpha value is -1.30. The number of aromatic nitrogens is 3. The molecule has 3 rings (SSSR count). The zero-order valence-electron chi connectivity index (χ0n) is 10.0. The summed E-state index contributed by atoms with van der Waals surface area (Å²) in [4.78, 5) is 8.71. The summed E-state index contributed by atoms with van der Waals surface area (Å²) in [5.74, 6) is 0.863. The minimum Gasteiger partial charge on any atom is -0.354 e. The minimum absolute atomic E-state index is 0.580. The summed E-state index contributed by atoms with van der Waals surface area (Å²) in [7, 11) is 1.88. The van der Waals surface area contributed by atoms with Crippen LogP contribution in [-0.2, 0) is 13.6 Å². The van der Waals surface area contributed by atoms with E-state index in [0.717, 1.165) is 26.2 Å². The zero-order chi connectivity index (χ0) is 13.4. The van der Waals surface area contributed by atoms with Crippen molar-refractivity contribution in [3.8, 4) is 0 Å². The van der Waals surface area contributed by atoms with Gasteiger partial charge in [-0.05, 0) is 18.2 Å². The maximum atomic E-state index is 5.95. The summed E-state index contributed by atoms with van der Waals surface area (Å²) in [6.07, 6.45) is 1.64. The van der Waals surface area contributed by atoms with Crippen molar-refractivity contribution in [2.45, 2.75) is 6.54 Å². The van der Waals surface area contributed by atoms with Crippen LogP contribution in [0.1, 0.15) is 5.82 Å². The largest absolute Gasteiger partial charge is 0.354 e. The highest BCUT2D eigenvalue weighted by Gasteiger charge is 2.07. The van der Waals surface area contributed by atoms with E-state index in [1.807, 2.05) is 29.8 Å². The molecular weight excluding hydrogens is 303 g/mol. The Bertz CT molecular complexity index is 734. The summed E-state index contributed by atoms with van der Waals surface area (Å²) in [5, 5.41) is 5.43. The number of thiazole rings is 1. The first-order chi connectivity index (χ1) is 9.13. The minimum atomic E-state index is 0.580. The first-order valence-electron chi connectivity index (χ1n) is 5.59. The third-order valence-electron chi connectivity index (χ3n) is 2.78. The highest BCUT2D eigenvalue weighted by molar-refractivity contribution is 7.22. The lowest BCUT2D eigenvalue weighted by molar-refractivity contribution is 0.813. The van der Waals surface area contributed by atoms with Gasteiger partial charge in [-0.3, -0.25) is 0 Å². The van der Waals surface area contributed by atoms with Crippen LogP contribution < -0.4 is 5.32 Å². The number of hydrogen-bond donors (Lipinski definition) is 1. The Morgan fingerprint density at radius 3 is 2.95 bits per heavy atom. The number of benzene rings is 1. The van der Waals surface area contributed by atoms with E-state index in [4.69, 9.17) is 23.2 Å². The summed E-state index contributed by atoms with van der Waals surface area (Å²) >= 11 is 13.5. The Morgan fingerprint density at radius 2 is 2.21 bits per heavy atom. The maximum Gasteiger partial charge on any atom is 0.184 e. The lowest BCUT2D eigenvalue weighted by Crippen LogP contribution is -2.05. The van der Waals surface area contributed by atoms with E-state index in [2.05, 4.69) is 15.3 Å². The predicted molar refractivity (Wildman–Crippen MR) is 80.2 cm³/mol. The van der Waals surface area contributed by atoms with Gasteiger partial charge in [0.2, 0.25) is 0 Å². The van der Waals surface area contributed by atoms with Gasteiger partial charge < -0.3 is 9.88 Å². The van der Waals surface area contributed by atoms with Gasteiger partial charge in [0.15, 0.2) is 5.13 Å². The van der Waals surface area contributed by atoms with Gasteiger partial charge >= 0.3 is 0 Å². The Labute approximate surface area is 124 Å². The number of nitrogens with zero attached hydrogens (tertiary/aromatic N) is 3. The van der Waals surface area contributed by atoms with E-state index < -0.39 is 0 Å². The van der Waals surface area contributed by atoms with Crippen molar-refractivity contribution in [1.29, 1.82) is 0 Å². The van der Waals surface area contributed by atoms with Gasteiger partial charge in [0.05, 0.1) is 23.0 Å². The van der Waals surface area contributed by atoms with Gasteiger partial charge in [0.1, 0.15) is 11.0 Å². The monoisotopic (exact) mass is 312 g/mol. The first-order valence-corrected chi connectivity index (χ1v) is 7.17. The Kier molecular flexibility index (Phi) is 3.35. The Balaban J connectivity index is 1.80. The molecule has 4 nitrogen and oxygen atoms in total. The number of rotatable bonds is 3. The van der Waals surface area contributed by atoms with Gasteiger partial charge in [-0.2, -0.15) is 0 Å². The highest BCUT2D eigenvalue weighted by atomic mass is 35.5. The predicted octanol–water partition coefficient (Wildman–Crippen LogP) is 3.95. The summed E-state index contributed by atoms with van der Waals surface area (Å²) in [5.41, 5.74) is 0.940. The molecule has 0 atom stereocenters. The second-order valence-electron chi connectivity index (χ2n) is 4.04.